The van der Waals surface area contributed by atoms with Crippen molar-refractivity contribution >= 4 is 16.8 Å². The lowest BCUT2D eigenvalue weighted by atomic mass is 10.00. The molecule has 4 rings (SSSR count). The lowest BCUT2D eigenvalue weighted by Gasteiger charge is -2.25. The molecule has 6 nitrogen and oxygen atoms in total. The third kappa shape index (κ3) is 5.63. The number of carbonyl (C=O) groups is 1. The van der Waals surface area contributed by atoms with Crippen molar-refractivity contribution in [2.75, 3.05) is 13.7 Å². The molecule has 0 bridgehead atoms. The van der Waals surface area contributed by atoms with Gasteiger partial charge in [-0.1, -0.05) is 25.1 Å². The molecule has 1 aromatic heterocycles. The van der Waals surface area contributed by atoms with Gasteiger partial charge in [-0.15, -0.1) is 0 Å². The molecule has 1 unspecified atom stereocenters. The minimum atomic E-state index is -1.59. The van der Waals surface area contributed by atoms with E-state index in [9.17, 15) is 14.3 Å². The topological polar surface area (TPSA) is 83.6 Å². The van der Waals surface area contributed by atoms with Gasteiger partial charge >= 0.3 is 0 Å². The van der Waals surface area contributed by atoms with Crippen LogP contribution in [0, 0.1) is 5.82 Å². The summed E-state index contributed by atoms with van der Waals surface area (Å²) in [4.78, 5) is 16.4. The van der Waals surface area contributed by atoms with Crippen LogP contribution in [0.2, 0.25) is 0 Å². The molecule has 0 fully saturated rings. The molecule has 182 valence electrons. The lowest BCUT2D eigenvalue weighted by molar-refractivity contribution is 0.0234. The highest BCUT2D eigenvalue weighted by Gasteiger charge is 2.27. The molecule has 0 aliphatic rings. The Morgan fingerprint density at radius 2 is 1.83 bits per heavy atom. The van der Waals surface area contributed by atoms with Gasteiger partial charge in [-0.05, 0) is 72.5 Å². The Hall–Kier alpha value is -3.84. The zero-order valence-electron chi connectivity index (χ0n) is 20.0. The van der Waals surface area contributed by atoms with Gasteiger partial charge in [-0.25, -0.2) is 4.39 Å². The van der Waals surface area contributed by atoms with Gasteiger partial charge in [0, 0.05) is 23.5 Å². The maximum atomic E-state index is 13.8. The predicted molar refractivity (Wildman–Crippen MR) is 134 cm³/mol. The number of rotatable bonds is 9. The van der Waals surface area contributed by atoms with Crippen LogP contribution >= 0.6 is 0 Å². The number of hydrogen-bond acceptors (Lipinski definition) is 4. The summed E-state index contributed by atoms with van der Waals surface area (Å²) in [5, 5.41) is 14.4. The molecule has 0 spiro atoms. The van der Waals surface area contributed by atoms with Gasteiger partial charge in [0.2, 0.25) is 0 Å². The van der Waals surface area contributed by atoms with Crippen LogP contribution in [0.4, 0.5) is 4.39 Å². The number of nitrogens with one attached hydrogen (secondary N) is 2. The van der Waals surface area contributed by atoms with E-state index < -0.39 is 11.6 Å². The zero-order chi connectivity index (χ0) is 25.0. The first-order valence-electron chi connectivity index (χ1n) is 11.5. The smallest absolute Gasteiger partial charge is 0.257 e. The van der Waals surface area contributed by atoms with Gasteiger partial charge in [0.25, 0.3) is 5.91 Å². The quantitative estimate of drug-likeness (QED) is 0.281. The van der Waals surface area contributed by atoms with Crippen molar-refractivity contribution < 1.29 is 23.8 Å². The number of fused-ring (bicyclic) bond motifs is 1. The fourth-order valence-corrected chi connectivity index (χ4v) is 4.03. The molecule has 1 heterocycles. The number of benzene rings is 3. The SMILES string of the molecule is CCCOc1ccc(-c2ccc(OC)cc2)cc1C(=O)NC(C)(O)Cc1c[nH]c2ccc(F)cc12. The average Bonchev–Trinajstić information content (AvgIpc) is 3.23. The summed E-state index contributed by atoms with van der Waals surface area (Å²) in [7, 11) is 1.61. The number of hydrogen-bond donors (Lipinski definition) is 3. The second kappa shape index (κ2) is 10.2. The van der Waals surface area contributed by atoms with Crippen molar-refractivity contribution in [3.8, 4) is 22.6 Å². The van der Waals surface area contributed by atoms with Crippen molar-refractivity contribution in [1.82, 2.24) is 10.3 Å². The molecular weight excluding hydrogens is 447 g/mol. The molecule has 3 N–H and O–H groups in total. The Morgan fingerprint density at radius 1 is 1.09 bits per heavy atom. The monoisotopic (exact) mass is 476 g/mol. The summed E-state index contributed by atoms with van der Waals surface area (Å²) < 4.78 is 24.8. The highest BCUT2D eigenvalue weighted by Crippen LogP contribution is 2.29. The molecule has 3 aromatic carbocycles. The second-order valence-corrected chi connectivity index (χ2v) is 8.70. The first kappa shape index (κ1) is 24.3. The van der Waals surface area contributed by atoms with Gasteiger partial charge in [-0.2, -0.15) is 0 Å². The number of aliphatic hydroxyl groups is 1. The van der Waals surface area contributed by atoms with E-state index in [-0.39, 0.29) is 12.2 Å². The maximum absolute atomic E-state index is 13.8. The summed E-state index contributed by atoms with van der Waals surface area (Å²) in [6, 6.07) is 17.4. The van der Waals surface area contributed by atoms with Crippen LogP contribution in [0.3, 0.4) is 0 Å². The molecular formula is C28H29FN2O4. The molecule has 7 heteroatoms. The van der Waals surface area contributed by atoms with E-state index in [1.165, 1.54) is 19.1 Å². The van der Waals surface area contributed by atoms with Gasteiger partial charge < -0.3 is 24.9 Å². The first-order valence-corrected chi connectivity index (χ1v) is 11.5. The largest absolute Gasteiger partial charge is 0.497 e. The Balaban J connectivity index is 1.60. The number of halogens is 1. The van der Waals surface area contributed by atoms with E-state index in [4.69, 9.17) is 9.47 Å². The molecule has 0 saturated carbocycles. The zero-order valence-corrected chi connectivity index (χ0v) is 20.0. The van der Waals surface area contributed by atoms with Crippen LogP contribution in [-0.4, -0.2) is 35.4 Å². The summed E-state index contributed by atoms with van der Waals surface area (Å²) >= 11 is 0. The van der Waals surface area contributed by atoms with E-state index in [0.29, 0.717) is 28.9 Å². The molecule has 0 aliphatic heterocycles. The van der Waals surface area contributed by atoms with Crippen molar-refractivity contribution in [2.24, 2.45) is 0 Å². The van der Waals surface area contributed by atoms with Gasteiger partial charge in [0.1, 0.15) is 23.0 Å². The van der Waals surface area contributed by atoms with Crippen molar-refractivity contribution in [2.45, 2.75) is 32.4 Å². The van der Waals surface area contributed by atoms with Gasteiger partial charge in [0.15, 0.2) is 0 Å². The van der Waals surface area contributed by atoms with Crippen LogP contribution in [0.1, 0.15) is 36.2 Å². The fraction of sp³-hybridized carbons (Fsp3) is 0.250. The van der Waals surface area contributed by atoms with E-state index in [2.05, 4.69) is 10.3 Å². The molecule has 4 aromatic rings. The first-order chi connectivity index (χ1) is 16.8. The van der Waals surface area contributed by atoms with E-state index in [1.807, 2.05) is 37.3 Å². The van der Waals surface area contributed by atoms with Crippen LogP contribution in [-0.2, 0) is 6.42 Å². The van der Waals surface area contributed by atoms with Crippen molar-refractivity contribution in [1.29, 1.82) is 0 Å². The Bertz CT molecular complexity index is 1330. The Morgan fingerprint density at radius 3 is 2.54 bits per heavy atom. The van der Waals surface area contributed by atoms with Crippen LogP contribution in [0.15, 0.2) is 66.9 Å². The number of aromatic nitrogens is 1. The summed E-state index contributed by atoms with van der Waals surface area (Å²) in [5.74, 6) is 0.340. The van der Waals surface area contributed by atoms with Crippen molar-refractivity contribution in [3.05, 3.63) is 83.8 Å². The number of methoxy groups -OCH3 is 1. The summed E-state index contributed by atoms with van der Waals surface area (Å²) in [6.45, 7) is 3.96. The minimum Gasteiger partial charge on any atom is -0.497 e. The van der Waals surface area contributed by atoms with Crippen molar-refractivity contribution in [3.63, 3.8) is 0 Å². The average molecular weight is 477 g/mol. The number of aromatic amines is 1. The normalized spacial score (nSPS) is 12.8. The number of amides is 1. The maximum Gasteiger partial charge on any atom is 0.257 e. The van der Waals surface area contributed by atoms with Crippen LogP contribution < -0.4 is 14.8 Å². The minimum absolute atomic E-state index is 0.0888. The molecule has 0 radical (unpaired) electrons. The third-order valence-electron chi connectivity index (χ3n) is 5.76. The number of H-pyrrole nitrogens is 1. The second-order valence-electron chi connectivity index (χ2n) is 8.70. The Kier molecular flexibility index (Phi) is 7.07. The molecule has 1 amide bonds. The van der Waals surface area contributed by atoms with Gasteiger partial charge in [0.05, 0.1) is 19.3 Å². The highest BCUT2D eigenvalue weighted by atomic mass is 19.1. The molecule has 0 aliphatic carbocycles. The lowest BCUT2D eigenvalue weighted by Crippen LogP contribution is -2.47. The Labute approximate surface area is 203 Å². The van der Waals surface area contributed by atoms with E-state index in [0.717, 1.165) is 28.8 Å². The fourth-order valence-electron chi connectivity index (χ4n) is 4.03. The molecule has 1 atom stereocenters. The third-order valence-corrected chi connectivity index (χ3v) is 5.76. The number of carbonyl (C=O) groups excluding carboxylic acids is 1. The summed E-state index contributed by atoms with van der Waals surface area (Å²) in [6.07, 6.45) is 2.59. The highest BCUT2D eigenvalue weighted by molar-refractivity contribution is 5.98. The molecule has 35 heavy (non-hydrogen) atoms. The molecule has 0 saturated heterocycles. The van der Waals surface area contributed by atoms with E-state index in [1.54, 1.807) is 31.5 Å². The predicted octanol–water partition coefficient (Wildman–Crippen LogP) is 5.45. The van der Waals surface area contributed by atoms with Crippen LogP contribution in [0.25, 0.3) is 22.0 Å². The standard InChI is InChI=1S/C28H29FN2O4/c1-4-13-35-26-12-7-19(18-5-9-22(34-3)10-6-18)14-24(26)27(32)31-28(2,33)16-20-17-30-25-11-8-21(29)15-23(20)25/h5-12,14-15,17,30,33H,4,13,16H2,1-3H3,(H,31,32). The van der Waals surface area contributed by atoms with Crippen LogP contribution in [0.5, 0.6) is 11.5 Å². The summed E-state index contributed by atoms with van der Waals surface area (Å²) in [5.41, 5.74) is 1.92. The van der Waals surface area contributed by atoms with Gasteiger partial charge in [-0.3, -0.25) is 4.79 Å². The number of ether oxygens (including phenoxy) is 2. The van der Waals surface area contributed by atoms with E-state index >= 15 is 0 Å².